The Labute approximate surface area is 148 Å². The number of carbonyl (C=O) groups is 2. The molecule has 1 aromatic heterocycles. The van der Waals surface area contributed by atoms with Crippen LogP contribution in [0.4, 0.5) is 4.39 Å². The predicted molar refractivity (Wildman–Crippen MR) is 89.5 cm³/mol. The van der Waals surface area contributed by atoms with Crippen LogP contribution in [0.5, 0.6) is 0 Å². The topological polar surface area (TPSA) is 75.4 Å². The zero-order chi connectivity index (χ0) is 18.1. The molecule has 0 bridgehead atoms. The van der Waals surface area contributed by atoms with Crippen LogP contribution in [-0.2, 0) is 0 Å². The molecule has 0 saturated carbocycles. The van der Waals surface area contributed by atoms with Crippen LogP contribution in [0, 0.1) is 12.7 Å². The van der Waals surface area contributed by atoms with E-state index < -0.39 is 11.8 Å². The number of hydrogen-bond acceptors (Lipinski definition) is 3. The molecule has 6 nitrogen and oxygen atoms in total. The zero-order valence-electron chi connectivity index (χ0n) is 13.6. The highest BCUT2D eigenvalue weighted by molar-refractivity contribution is 6.30. The van der Waals surface area contributed by atoms with E-state index in [4.69, 9.17) is 16.7 Å². The minimum absolute atomic E-state index is 0.00582. The van der Waals surface area contributed by atoms with E-state index in [1.54, 1.807) is 16.5 Å². The van der Waals surface area contributed by atoms with Gasteiger partial charge in [-0.25, -0.2) is 9.18 Å². The molecular weight excluding hydrogens is 349 g/mol. The second kappa shape index (κ2) is 6.84. The summed E-state index contributed by atoms with van der Waals surface area (Å²) in [5, 5.41) is 13.5. The molecule has 0 atom stereocenters. The summed E-state index contributed by atoms with van der Waals surface area (Å²) >= 11 is 5.72. The summed E-state index contributed by atoms with van der Waals surface area (Å²) in [6.07, 6.45) is 2.60. The highest BCUT2D eigenvalue weighted by Crippen LogP contribution is 2.26. The molecule has 1 aliphatic heterocycles. The Hall–Kier alpha value is -2.41. The number of nitrogens with zero attached hydrogens (tertiary/aromatic N) is 3. The van der Waals surface area contributed by atoms with Gasteiger partial charge in [0.2, 0.25) is 0 Å². The van der Waals surface area contributed by atoms with E-state index in [2.05, 4.69) is 5.10 Å². The van der Waals surface area contributed by atoms with Crippen LogP contribution in [0.1, 0.15) is 45.3 Å². The molecule has 1 aromatic carbocycles. The van der Waals surface area contributed by atoms with Crippen molar-refractivity contribution >= 4 is 23.5 Å². The normalized spacial score (nSPS) is 15.4. The highest BCUT2D eigenvalue weighted by atomic mass is 35.5. The summed E-state index contributed by atoms with van der Waals surface area (Å²) in [7, 11) is 0. The third-order valence-electron chi connectivity index (χ3n) is 4.53. The average molecular weight is 366 g/mol. The van der Waals surface area contributed by atoms with Gasteiger partial charge in [-0.3, -0.25) is 9.48 Å². The van der Waals surface area contributed by atoms with Crippen molar-refractivity contribution in [2.45, 2.75) is 25.8 Å². The van der Waals surface area contributed by atoms with Crippen molar-refractivity contribution in [3.8, 4) is 0 Å². The van der Waals surface area contributed by atoms with Gasteiger partial charge in [0, 0.05) is 18.1 Å². The second-order valence-corrected chi connectivity index (χ2v) is 6.48. The first-order chi connectivity index (χ1) is 11.9. The van der Waals surface area contributed by atoms with Crippen molar-refractivity contribution in [3.05, 3.63) is 52.1 Å². The lowest BCUT2D eigenvalue weighted by atomic mass is 10.0. The standard InChI is InChI=1S/C17H17ClFN3O3/c1-10-14(17(24)25)9-20-22(10)12-4-6-21(7-5-12)16(23)13-3-2-11(18)8-15(13)19/h2-3,8-9,12H,4-7H2,1H3,(H,24,25). The molecular formula is C17H17ClFN3O3. The Balaban J connectivity index is 1.69. The quantitative estimate of drug-likeness (QED) is 0.906. The summed E-state index contributed by atoms with van der Waals surface area (Å²) in [6.45, 7) is 2.62. The number of benzene rings is 1. The zero-order valence-corrected chi connectivity index (χ0v) is 14.3. The summed E-state index contributed by atoms with van der Waals surface area (Å²) in [6, 6.07) is 4.03. The maximum absolute atomic E-state index is 13.9. The fourth-order valence-corrected chi connectivity index (χ4v) is 3.31. The maximum Gasteiger partial charge on any atom is 0.339 e. The Bertz CT molecular complexity index is 829. The Morgan fingerprint density at radius 2 is 1.96 bits per heavy atom. The number of likely N-dealkylation sites (tertiary alicyclic amines) is 1. The molecule has 2 heterocycles. The molecule has 0 aliphatic carbocycles. The van der Waals surface area contributed by atoms with E-state index in [9.17, 15) is 14.0 Å². The maximum atomic E-state index is 13.9. The Morgan fingerprint density at radius 1 is 1.28 bits per heavy atom. The van der Waals surface area contributed by atoms with E-state index >= 15 is 0 Å². The first-order valence-electron chi connectivity index (χ1n) is 7.90. The number of carboxylic acids is 1. The van der Waals surface area contributed by atoms with Crippen molar-refractivity contribution in [1.29, 1.82) is 0 Å². The van der Waals surface area contributed by atoms with Gasteiger partial charge < -0.3 is 10.0 Å². The number of aromatic nitrogens is 2. The average Bonchev–Trinajstić information content (AvgIpc) is 2.96. The van der Waals surface area contributed by atoms with Crippen LogP contribution in [0.3, 0.4) is 0 Å². The SMILES string of the molecule is Cc1c(C(=O)O)cnn1C1CCN(C(=O)c2ccc(Cl)cc2F)CC1. The van der Waals surface area contributed by atoms with Gasteiger partial charge >= 0.3 is 5.97 Å². The van der Waals surface area contributed by atoms with Crippen LogP contribution in [0.25, 0.3) is 0 Å². The third-order valence-corrected chi connectivity index (χ3v) is 4.77. The molecule has 0 spiro atoms. The first kappa shape index (κ1) is 17.4. The van der Waals surface area contributed by atoms with Gasteiger partial charge in [-0.1, -0.05) is 11.6 Å². The second-order valence-electron chi connectivity index (χ2n) is 6.04. The third kappa shape index (κ3) is 3.37. The minimum atomic E-state index is -1.01. The molecule has 25 heavy (non-hydrogen) atoms. The van der Waals surface area contributed by atoms with Crippen molar-refractivity contribution in [3.63, 3.8) is 0 Å². The van der Waals surface area contributed by atoms with Gasteiger partial charge in [0.25, 0.3) is 5.91 Å². The molecule has 1 saturated heterocycles. The van der Waals surface area contributed by atoms with E-state index in [1.165, 1.54) is 18.3 Å². The van der Waals surface area contributed by atoms with Crippen molar-refractivity contribution in [1.82, 2.24) is 14.7 Å². The first-order valence-corrected chi connectivity index (χ1v) is 8.28. The lowest BCUT2D eigenvalue weighted by molar-refractivity contribution is 0.0683. The Morgan fingerprint density at radius 3 is 2.52 bits per heavy atom. The molecule has 0 radical (unpaired) electrons. The smallest absolute Gasteiger partial charge is 0.339 e. The fourth-order valence-electron chi connectivity index (χ4n) is 3.15. The molecule has 2 aromatic rings. The number of aromatic carboxylic acids is 1. The highest BCUT2D eigenvalue weighted by Gasteiger charge is 2.28. The molecule has 1 N–H and O–H groups in total. The van der Waals surface area contributed by atoms with Crippen LogP contribution >= 0.6 is 11.6 Å². The van der Waals surface area contributed by atoms with E-state index in [0.717, 1.165) is 6.07 Å². The van der Waals surface area contributed by atoms with Gasteiger partial charge in [0.15, 0.2) is 0 Å². The van der Waals surface area contributed by atoms with Crippen molar-refractivity contribution in [2.75, 3.05) is 13.1 Å². The van der Waals surface area contributed by atoms with E-state index in [-0.39, 0.29) is 28.1 Å². The van der Waals surface area contributed by atoms with Crippen LogP contribution < -0.4 is 0 Å². The van der Waals surface area contributed by atoms with Gasteiger partial charge in [-0.15, -0.1) is 0 Å². The number of carboxylic acid groups (broad SMARTS) is 1. The summed E-state index contributed by atoms with van der Waals surface area (Å²) in [5.41, 5.74) is 0.786. The van der Waals surface area contributed by atoms with E-state index in [1.807, 2.05) is 0 Å². The van der Waals surface area contributed by atoms with Gasteiger partial charge in [0.1, 0.15) is 11.4 Å². The molecule has 1 fully saturated rings. The summed E-state index contributed by atoms with van der Waals surface area (Å²) in [4.78, 5) is 25.2. The van der Waals surface area contributed by atoms with Gasteiger partial charge in [0.05, 0.1) is 23.5 Å². The van der Waals surface area contributed by atoms with Crippen LogP contribution in [0.15, 0.2) is 24.4 Å². The Kier molecular flexibility index (Phi) is 4.76. The number of halogens is 2. The molecule has 8 heteroatoms. The molecule has 3 rings (SSSR count). The number of rotatable bonds is 3. The molecule has 1 aliphatic rings. The lowest BCUT2D eigenvalue weighted by Gasteiger charge is -2.32. The number of amides is 1. The van der Waals surface area contributed by atoms with E-state index in [0.29, 0.717) is 31.6 Å². The van der Waals surface area contributed by atoms with Gasteiger partial charge in [-0.2, -0.15) is 5.10 Å². The van der Waals surface area contributed by atoms with Crippen LogP contribution in [-0.4, -0.2) is 44.8 Å². The lowest BCUT2D eigenvalue weighted by Crippen LogP contribution is -2.39. The van der Waals surface area contributed by atoms with Crippen molar-refractivity contribution < 1.29 is 19.1 Å². The van der Waals surface area contributed by atoms with Crippen molar-refractivity contribution in [2.24, 2.45) is 0 Å². The molecule has 132 valence electrons. The number of carbonyl (C=O) groups excluding carboxylic acids is 1. The largest absolute Gasteiger partial charge is 0.478 e. The monoisotopic (exact) mass is 365 g/mol. The molecule has 1 amide bonds. The number of hydrogen-bond donors (Lipinski definition) is 1. The fraction of sp³-hybridized carbons (Fsp3) is 0.353. The number of piperidine rings is 1. The van der Waals surface area contributed by atoms with Gasteiger partial charge in [-0.05, 0) is 38.0 Å². The van der Waals surface area contributed by atoms with Crippen LogP contribution in [0.2, 0.25) is 5.02 Å². The summed E-state index contributed by atoms with van der Waals surface area (Å²) in [5.74, 6) is -2.00. The summed E-state index contributed by atoms with van der Waals surface area (Å²) < 4.78 is 15.6. The minimum Gasteiger partial charge on any atom is -0.478 e. The molecule has 0 unspecified atom stereocenters. The predicted octanol–water partition coefficient (Wildman–Crippen LogP) is 3.16.